The third-order valence-electron chi connectivity index (χ3n) is 4.91. The molecule has 0 amide bonds. The molecular formula is C24H23ClN2O5. The third kappa shape index (κ3) is 4.66. The first kappa shape index (κ1) is 23.0. The maximum Gasteiger partial charge on any atom is 0.338 e. The number of ether oxygens (including phenoxy) is 4. The lowest BCUT2D eigenvalue weighted by Gasteiger charge is -2.27. The van der Waals surface area contributed by atoms with E-state index >= 15 is 0 Å². The van der Waals surface area contributed by atoms with Crippen molar-refractivity contribution >= 4 is 17.6 Å². The molecule has 0 radical (unpaired) electrons. The molecule has 3 rings (SSSR count). The fraction of sp³-hybridized carbons (Fsp3) is 0.250. The van der Waals surface area contributed by atoms with E-state index in [1.807, 2.05) is 36.4 Å². The molecule has 0 aromatic heterocycles. The molecule has 1 atom stereocenters. The highest BCUT2D eigenvalue weighted by molar-refractivity contribution is 6.32. The Bertz CT molecular complexity index is 1120. The number of nitrogens with zero attached hydrogens (tertiary/aromatic N) is 1. The van der Waals surface area contributed by atoms with Gasteiger partial charge in [0.25, 0.3) is 0 Å². The Balaban J connectivity index is 2.05. The smallest absolute Gasteiger partial charge is 0.338 e. The van der Waals surface area contributed by atoms with Gasteiger partial charge in [-0.25, -0.2) is 4.79 Å². The fourth-order valence-electron chi connectivity index (χ4n) is 3.46. The molecule has 1 heterocycles. The van der Waals surface area contributed by atoms with E-state index in [0.717, 1.165) is 5.56 Å². The van der Waals surface area contributed by atoms with Crippen molar-refractivity contribution in [3.8, 4) is 17.6 Å². The van der Waals surface area contributed by atoms with Gasteiger partial charge in [0, 0.05) is 0 Å². The second-order valence-corrected chi connectivity index (χ2v) is 7.33. The van der Waals surface area contributed by atoms with E-state index in [0.29, 0.717) is 17.1 Å². The summed E-state index contributed by atoms with van der Waals surface area (Å²) in [5.74, 6) is -0.557. The number of carbonyl (C=O) groups is 1. The van der Waals surface area contributed by atoms with Gasteiger partial charge in [-0.2, -0.15) is 5.26 Å². The zero-order valence-corrected chi connectivity index (χ0v) is 18.7. The van der Waals surface area contributed by atoms with Crippen LogP contribution >= 0.6 is 11.6 Å². The van der Waals surface area contributed by atoms with Gasteiger partial charge >= 0.3 is 5.97 Å². The van der Waals surface area contributed by atoms with Gasteiger partial charge in [-0.3, -0.25) is 0 Å². The first-order valence-electron chi connectivity index (χ1n) is 9.90. The number of esters is 1. The molecule has 0 saturated heterocycles. The van der Waals surface area contributed by atoms with Crippen LogP contribution in [0.15, 0.2) is 65.3 Å². The van der Waals surface area contributed by atoms with Crippen LogP contribution in [0, 0.1) is 11.3 Å². The quantitative estimate of drug-likeness (QED) is 0.611. The molecule has 2 N–H and O–H groups in total. The van der Waals surface area contributed by atoms with Crippen LogP contribution in [-0.4, -0.2) is 19.7 Å². The minimum absolute atomic E-state index is 0.0785. The summed E-state index contributed by atoms with van der Waals surface area (Å²) >= 11 is 6.55. The second kappa shape index (κ2) is 10.1. The van der Waals surface area contributed by atoms with Crippen LogP contribution < -0.4 is 15.2 Å². The summed E-state index contributed by atoms with van der Waals surface area (Å²) in [5, 5.41) is 10.0. The van der Waals surface area contributed by atoms with Crippen molar-refractivity contribution in [1.29, 1.82) is 5.26 Å². The van der Waals surface area contributed by atoms with E-state index in [4.69, 9.17) is 36.3 Å². The summed E-state index contributed by atoms with van der Waals surface area (Å²) in [4.78, 5) is 12.7. The average molecular weight is 455 g/mol. The van der Waals surface area contributed by atoms with Gasteiger partial charge in [-0.05, 0) is 37.1 Å². The number of nitriles is 1. The molecular weight excluding hydrogens is 432 g/mol. The Morgan fingerprint density at radius 2 is 2.00 bits per heavy atom. The van der Waals surface area contributed by atoms with Crippen molar-refractivity contribution in [2.45, 2.75) is 26.4 Å². The van der Waals surface area contributed by atoms with Crippen LogP contribution in [0.4, 0.5) is 0 Å². The lowest BCUT2D eigenvalue weighted by molar-refractivity contribution is -0.139. The Morgan fingerprint density at radius 1 is 1.28 bits per heavy atom. The van der Waals surface area contributed by atoms with Crippen LogP contribution in [0.5, 0.6) is 11.5 Å². The predicted molar refractivity (Wildman–Crippen MR) is 119 cm³/mol. The number of nitrogens with two attached hydrogens (primary N) is 1. The van der Waals surface area contributed by atoms with Gasteiger partial charge in [-0.1, -0.05) is 41.9 Å². The Hall–Kier alpha value is -3.63. The van der Waals surface area contributed by atoms with Gasteiger partial charge in [0.2, 0.25) is 5.88 Å². The summed E-state index contributed by atoms with van der Waals surface area (Å²) in [6, 6.07) is 14.9. The van der Waals surface area contributed by atoms with Crippen LogP contribution in [0.25, 0.3) is 0 Å². The molecule has 0 fully saturated rings. The first-order chi connectivity index (χ1) is 15.4. The monoisotopic (exact) mass is 454 g/mol. The van der Waals surface area contributed by atoms with Crippen LogP contribution in [0.1, 0.15) is 30.9 Å². The zero-order chi connectivity index (χ0) is 23.3. The Labute approximate surface area is 191 Å². The average Bonchev–Trinajstić information content (AvgIpc) is 2.78. The number of allylic oxidation sites excluding steroid dienone is 2. The highest BCUT2D eigenvalue weighted by atomic mass is 35.5. The Kier molecular flexibility index (Phi) is 7.29. The van der Waals surface area contributed by atoms with Gasteiger partial charge in [0.1, 0.15) is 24.0 Å². The molecule has 1 aliphatic heterocycles. The van der Waals surface area contributed by atoms with Crippen molar-refractivity contribution in [1.82, 2.24) is 0 Å². The number of benzene rings is 2. The summed E-state index contributed by atoms with van der Waals surface area (Å²) < 4.78 is 22.1. The lowest BCUT2D eigenvalue weighted by atomic mass is 9.83. The maximum atomic E-state index is 12.7. The number of hydrogen-bond donors (Lipinski definition) is 1. The molecule has 0 aliphatic carbocycles. The highest BCUT2D eigenvalue weighted by Crippen LogP contribution is 2.45. The summed E-state index contributed by atoms with van der Waals surface area (Å²) in [6.07, 6.45) is 0. The summed E-state index contributed by atoms with van der Waals surface area (Å²) in [6.45, 7) is 3.74. The molecule has 0 bridgehead atoms. The molecule has 32 heavy (non-hydrogen) atoms. The molecule has 2 aromatic carbocycles. The number of carbonyl (C=O) groups excluding carboxylic acids is 1. The maximum absolute atomic E-state index is 12.7. The topological polar surface area (TPSA) is 104 Å². The van der Waals surface area contributed by atoms with E-state index in [-0.39, 0.29) is 41.0 Å². The molecule has 2 aromatic rings. The van der Waals surface area contributed by atoms with E-state index in [9.17, 15) is 10.1 Å². The number of methoxy groups -OCH3 is 1. The number of hydrogen-bond acceptors (Lipinski definition) is 7. The number of rotatable bonds is 7. The molecule has 1 aliphatic rings. The molecule has 7 nitrogen and oxygen atoms in total. The standard InChI is InChI=1S/C24H23ClN2O5/c1-4-30-24(28)20-14(2)32-23(27)17(12-26)21(20)16-10-18(25)22(19(11-16)29-3)31-13-15-8-6-5-7-9-15/h5-11,21H,4,13,27H2,1-3H3. The predicted octanol–water partition coefficient (Wildman–Crippen LogP) is 4.57. The third-order valence-corrected chi connectivity index (χ3v) is 5.19. The first-order valence-corrected chi connectivity index (χ1v) is 10.3. The van der Waals surface area contributed by atoms with Crippen molar-refractivity contribution in [3.63, 3.8) is 0 Å². The number of halogens is 1. The van der Waals surface area contributed by atoms with Crippen molar-refractivity contribution in [3.05, 3.63) is 81.4 Å². The normalized spacial score (nSPS) is 15.7. The van der Waals surface area contributed by atoms with E-state index < -0.39 is 11.9 Å². The molecule has 8 heteroatoms. The van der Waals surface area contributed by atoms with E-state index in [1.165, 1.54) is 7.11 Å². The van der Waals surface area contributed by atoms with Gasteiger partial charge in [-0.15, -0.1) is 0 Å². The SMILES string of the molecule is CCOC(=O)C1=C(C)OC(N)=C(C#N)C1c1cc(Cl)c(OCc2ccccc2)c(OC)c1. The highest BCUT2D eigenvalue weighted by Gasteiger charge is 2.37. The molecule has 0 spiro atoms. The lowest BCUT2D eigenvalue weighted by Crippen LogP contribution is -2.25. The van der Waals surface area contributed by atoms with Gasteiger partial charge in [0.05, 0.1) is 30.2 Å². The summed E-state index contributed by atoms with van der Waals surface area (Å²) in [5.41, 5.74) is 7.69. The van der Waals surface area contributed by atoms with Gasteiger partial charge in [0.15, 0.2) is 11.5 Å². The van der Waals surface area contributed by atoms with E-state index in [2.05, 4.69) is 0 Å². The largest absolute Gasteiger partial charge is 0.493 e. The zero-order valence-electron chi connectivity index (χ0n) is 18.0. The fourth-order valence-corrected chi connectivity index (χ4v) is 3.74. The minimum Gasteiger partial charge on any atom is -0.493 e. The summed E-state index contributed by atoms with van der Waals surface area (Å²) in [7, 11) is 1.48. The van der Waals surface area contributed by atoms with Crippen molar-refractivity contribution in [2.24, 2.45) is 5.73 Å². The molecule has 1 unspecified atom stereocenters. The van der Waals surface area contributed by atoms with Crippen LogP contribution in [0.3, 0.4) is 0 Å². The minimum atomic E-state index is -0.831. The van der Waals surface area contributed by atoms with Gasteiger partial charge < -0.3 is 24.7 Å². The van der Waals surface area contributed by atoms with Crippen molar-refractivity contribution in [2.75, 3.05) is 13.7 Å². The molecule has 0 saturated carbocycles. The van der Waals surface area contributed by atoms with Crippen LogP contribution in [0.2, 0.25) is 5.02 Å². The Morgan fingerprint density at radius 3 is 2.62 bits per heavy atom. The second-order valence-electron chi connectivity index (χ2n) is 6.92. The molecule has 166 valence electrons. The van der Waals surface area contributed by atoms with Crippen molar-refractivity contribution < 1.29 is 23.7 Å². The van der Waals surface area contributed by atoms with Crippen LogP contribution in [-0.2, 0) is 20.9 Å². The van der Waals surface area contributed by atoms with E-state index in [1.54, 1.807) is 26.0 Å².